The summed E-state index contributed by atoms with van der Waals surface area (Å²) in [6.07, 6.45) is 3.43. The minimum Gasteiger partial charge on any atom is -0.497 e. The molecule has 0 aromatic heterocycles. The Morgan fingerprint density at radius 1 is 1.48 bits per heavy atom. The van der Waals surface area contributed by atoms with Crippen LogP contribution in [0.3, 0.4) is 0 Å². The smallest absolute Gasteiger partial charge is 0.224 e. The van der Waals surface area contributed by atoms with Crippen LogP contribution in [0.15, 0.2) is 24.3 Å². The minimum absolute atomic E-state index is 0.0190. The molecule has 0 spiro atoms. The number of hydrogen-bond donors (Lipinski definition) is 2. The number of nitrogens with zero attached hydrogens (tertiary/aromatic N) is 1. The highest BCUT2D eigenvalue weighted by molar-refractivity contribution is 5.79. The second-order valence-electron chi connectivity index (χ2n) is 7.09. The molecule has 0 radical (unpaired) electrons. The summed E-state index contributed by atoms with van der Waals surface area (Å²) in [4.78, 5) is 14.6. The summed E-state index contributed by atoms with van der Waals surface area (Å²) in [7, 11) is 1.62. The molecule has 1 aromatic rings. The van der Waals surface area contributed by atoms with E-state index in [0.29, 0.717) is 13.1 Å². The predicted octanol–water partition coefficient (Wildman–Crippen LogP) is 2.75. The zero-order chi connectivity index (χ0) is 18.2. The van der Waals surface area contributed by atoms with Crippen LogP contribution in [0.25, 0.3) is 0 Å². The van der Waals surface area contributed by atoms with Crippen LogP contribution in [-0.2, 0) is 4.79 Å². The van der Waals surface area contributed by atoms with Crippen molar-refractivity contribution >= 4 is 5.91 Å². The number of β-amino-alcohol motifs (C(OH)–C–C–N with tert-alkyl or cyclic N) is 1. The number of methoxy groups -OCH3 is 1. The second kappa shape index (κ2) is 9.78. The van der Waals surface area contributed by atoms with Gasteiger partial charge in [-0.1, -0.05) is 25.5 Å². The van der Waals surface area contributed by atoms with Crippen molar-refractivity contribution in [3.8, 4) is 5.75 Å². The van der Waals surface area contributed by atoms with E-state index >= 15 is 0 Å². The van der Waals surface area contributed by atoms with E-state index < -0.39 is 6.10 Å². The number of carbonyl (C=O) groups excluding carboxylic acids is 1. The van der Waals surface area contributed by atoms with Gasteiger partial charge in [-0.2, -0.15) is 0 Å². The average Bonchev–Trinajstić information content (AvgIpc) is 2.62. The number of piperidine rings is 1. The zero-order valence-electron chi connectivity index (χ0n) is 15.7. The Hall–Kier alpha value is -1.59. The molecule has 5 nitrogen and oxygen atoms in total. The van der Waals surface area contributed by atoms with E-state index in [1.54, 1.807) is 7.11 Å². The van der Waals surface area contributed by atoms with Gasteiger partial charge in [0, 0.05) is 19.1 Å². The number of benzene rings is 1. The monoisotopic (exact) mass is 348 g/mol. The first-order chi connectivity index (χ1) is 12.0. The Morgan fingerprint density at radius 3 is 3.00 bits per heavy atom. The van der Waals surface area contributed by atoms with Gasteiger partial charge >= 0.3 is 0 Å². The maximum Gasteiger partial charge on any atom is 0.224 e. The predicted molar refractivity (Wildman–Crippen MR) is 99.6 cm³/mol. The van der Waals surface area contributed by atoms with E-state index in [1.807, 2.05) is 24.3 Å². The summed E-state index contributed by atoms with van der Waals surface area (Å²) in [5, 5.41) is 13.7. The van der Waals surface area contributed by atoms with Gasteiger partial charge in [-0.3, -0.25) is 9.69 Å². The van der Waals surface area contributed by atoms with Gasteiger partial charge in [0.05, 0.1) is 19.1 Å². The number of rotatable bonds is 8. The molecule has 1 heterocycles. The SMILES string of the molecule is CCCC(C)NC(=O)C1CCCN(CC(O)c2cccc(OC)c2)C1. The van der Waals surface area contributed by atoms with Crippen LogP contribution in [0.1, 0.15) is 51.2 Å². The summed E-state index contributed by atoms with van der Waals surface area (Å²) in [5.41, 5.74) is 0.850. The van der Waals surface area contributed by atoms with Crippen molar-refractivity contribution in [3.63, 3.8) is 0 Å². The highest BCUT2D eigenvalue weighted by Gasteiger charge is 2.27. The lowest BCUT2D eigenvalue weighted by Gasteiger charge is -2.33. The first-order valence-electron chi connectivity index (χ1n) is 9.38. The number of aliphatic hydroxyl groups excluding tert-OH is 1. The van der Waals surface area contributed by atoms with Crippen molar-refractivity contribution in [2.75, 3.05) is 26.7 Å². The lowest BCUT2D eigenvalue weighted by Crippen LogP contribution is -2.46. The van der Waals surface area contributed by atoms with Crippen molar-refractivity contribution in [2.45, 2.75) is 51.7 Å². The van der Waals surface area contributed by atoms with Gasteiger partial charge < -0.3 is 15.2 Å². The van der Waals surface area contributed by atoms with Crippen molar-refractivity contribution in [3.05, 3.63) is 29.8 Å². The topological polar surface area (TPSA) is 61.8 Å². The molecule has 1 aliphatic heterocycles. The Bertz CT molecular complexity index is 549. The van der Waals surface area contributed by atoms with Crippen LogP contribution in [0, 0.1) is 5.92 Å². The van der Waals surface area contributed by atoms with Crippen LogP contribution in [0.2, 0.25) is 0 Å². The van der Waals surface area contributed by atoms with Crippen molar-refractivity contribution in [1.29, 1.82) is 0 Å². The van der Waals surface area contributed by atoms with Gasteiger partial charge in [0.1, 0.15) is 5.75 Å². The Kier molecular flexibility index (Phi) is 7.72. The summed E-state index contributed by atoms with van der Waals surface area (Å²) in [6, 6.07) is 7.77. The summed E-state index contributed by atoms with van der Waals surface area (Å²) in [5.74, 6) is 0.921. The van der Waals surface area contributed by atoms with Crippen LogP contribution in [0.5, 0.6) is 5.75 Å². The lowest BCUT2D eigenvalue weighted by atomic mass is 9.96. The molecule has 2 N–H and O–H groups in total. The fourth-order valence-electron chi connectivity index (χ4n) is 3.50. The molecule has 5 heteroatoms. The average molecular weight is 348 g/mol. The van der Waals surface area contributed by atoms with E-state index in [-0.39, 0.29) is 17.9 Å². The van der Waals surface area contributed by atoms with Gasteiger partial charge in [-0.25, -0.2) is 0 Å². The molecule has 1 aromatic carbocycles. The Labute approximate surface area is 151 Å². The van der Waals surface area contributed by atoms with E-state index in [0.717, 1.165) is 43.5 Å². The molecular formula is C20H32N2O3. The van der Waals surface area contributed by atoms with Crippen molar-refractivity contribution in [2.24, 2.45) is 5.92 Å². The maximum absolute atomic E-state index is 12.5. The van der Waals surface area contributed by atoms with Gasteiger partial charge in [0.2, 0.25) is 5.91 Å². The highest BCUT2D eigenvalue weighted by atomic mass is 16.5. The third kappa shape index (κ3) is 6.01. The van der Waals surface area contributed by atoms with Gasteiger partial charge in [0.15, 0.2) is 0 Å². The molecule has 2 rings (SSSR count). The molecule has 0 bridgehead atoms. The number of nitrogens with one attached hydrogen (secondary N) is 1. The quantitative estimate of drug-likeness (QED) is 0.758. The van der Waals surface area contributed by atoms with Crippen LogP contribution < -0.4 is 10.1 Å². The molecule has 0 saturated carbocycles. The number of ether oxygens (including phenoxy) is 1. The number of hydrogen-bond acceptors (Lipinski definition) is 4. The lowest BCUT2D eigenvalue weighted by molar-refractivity contribution is -0.127. The van der Waals surface area contributed by atoms with Crippen molar-refractivity contribution in [1.82, 2.24) is 10.2 Å². The number of amides is 1. The molecule has 3 atom stereocenters. The Morgan fingerprint density at radius 2 is 2.28 bits per heavy atom. The molecule has 25 heavy (non-hydrogen) atoms. The Balaban J connectivity index is 1.88. The normalized spacial score (nSPS) is 20.7. The maximum atomic E-state index is 12.5. The molecule has 1 saturated heterocycles. The fraction of sp³-hybridized carbons (Fsp3) is 0.650. The van der Waals surface area contributed by atoms with Gasteiger partial charge in [-0.05, 0) is 50.4 Å². The molecule has 140 valence electrons. The van der Waals surface area contributed by atoms with Gasteiger partial charge in [-0.15, -0.1) is 0 Å². The van der Waals surface area contributed by atoms with Gasteiger partial charge in [0.25, 0.3) is 0 Å². The van der Waals surface area contributed by atoms with Crippen molar-refractivity contribution < 1.29 is 14.6 Å². The summed E-state index contributed by atoms with van der Waals surface area (Å²) >= 11 is 0. The molecule has 0 aliphatic carbocycles. The van der Waals surface area contributed by atoms with E-state index in [9.17, 15) is 9.90 Å². The number of carbonyl (C=O) groups is 1. The summed E-state index contributed by atoms with van der Waals surface area (Å²) < 4.78 is 5.22. The number of likely N-dealkylation sites (tertiary alicyclic amines) is 1. The summed E-state index contributed by atoms with van der Waals surface area (Å²) in [6.45, 7) is 6.38. The van der Waals surface area contributed by atoms with E-state index in [4.69, 9.17) is 4.74 Å². The first kappa shape index (κ1) is 19.7. The fourth-order valence-corrected chi connectivity index (χ4v) is 3.50. The largest absolute Gasteiger partial charge is 0.497 e. The van der Waals surface area contributed by atoms with Crippen LogP contribution in [-0.4, -0.2) is 48.7 Å². The molecule has 1 aliphatic rings. The molecule has 3 unspecified atom stereocenters. The van der Waals surface area contributed by atoms with E-state index in [2.05, 4.69) is 24.1 Å². The van der Waals surface area contributed by atoms with Crippen LogP contribution >= 0.6 is 0 Å². The first-order valence-corrected chi connectivity index (χ1v) is 9.38. The number of aliphatic hydroxyl groups is 1. The molecule has 1 fully saturated rings. The van der Waals surface area contributed by atoms with E-state index in [1.165, 1.54) is 0 Å². The molecular weight excluding hydrogens is 316 g/mol. The second-order valence-corrected chi connectivity index (χ2v) is 7.09. The standard InChI is InChI=1S/C20H32N2O3/c1-4-7-15(2)21-20(24)17-9-6-11-22(13-17)14-19(23)16-8-5-10-18(12-16)25-3/h5,8,10,12,15,17,19,23H,4,6-7,9,11,13-14H2,1-3H3,(H,21,24). The third-order valence-corrected chi connectivity index (χ3v) is 4.90. The molecule has 1 amide bonds. The third-order valence-electron chi connectivity index (χ3n) is 4.90. The minimum atomic E-state index is -0.573. The zero-order valence-corrected chi connectivity index (χ0v) is 15.7. The van der Waals surface area contributed by atoms with Crippen LogP contribution in [0.4, 0.5) is 0 Å². The highest BCUT2D eigenvalue weighted by Crippen LogP contribution is 2.23.